The summed E-state index contributed by atoms with van der Waals surface area (Å²) in [6, 6.07) is 10.1. The van der Waals surface area contributed by atoms with E-state index in [1.165, 1.54) is 16.9 Å². The Morgan fingerprint density at radius 1 is 1.13 bits per heavy atom. The van der Waals surface area contributed by atoms with Gasteiger partial charge >= 0.3 is 0 Å². The summed E-state index contributed by atoms with van der Waals surface area (Å²) in [6.07, 6.45) is 0. The van der Waals surface area contributed by atoms with Crippen molar-refractivity contribution in [2.24, 2.45) is 0 Å². The molecule has 1 aliphatic rings. The molecule has 1 saturated heterocycles. The Balaban J connectivity index is 1.41. The predicted molar refractivity (Wildman–Crippen MR) is 120 cm³/mol. The summed E-state index contributed by atoms with van der Waals surface area (Å²) in [6.45, 7) is 5.12. The molecule has 0 bridgehead atoms. The maximum atomic E-state index is 12.8. The fourth-order valence-corrected chi connectivity index (χ4v) is 3.86. The zero-order valence-corrected chi connectivity index (χ0v) is 18.5. The molecule has 3 rings (SSSR count). The molecule has 162 valence electrons. The van der Waals surface area contributed by atoms with Crippen molar-refractivity contribution in [2.45, 2.75) is 6.54 Å². The van der Waals surface area contributed by atoms with Crippen LogP contribution in [0.1, 0.15) is 16.1 Å². The van der Waals surface area contributed by atoms with Gasteiger partial charge in [-0.2, -0.15) is 0 Å². The molecule has 8 nitrogen and oxygen atoms in total. The number of amides is 2. The SMILES string of the molecule is CN(C)CCNC(=O)CN1CCN(C(=O)c2csc(NCc3ccccc3)n2)CC1. The smallest absolute Gasteiger partial charge is 0.273 e. The average molecular weight is 431 g/mol. The first-order valence-electron chi connectivity index (χ1n) is 10.2. The molecule has 0 aliphatic carbocycles. The molecule has 0 saturated carbocycles. The quantitative estimate of drug-likeness (QED) is 0.622. The number of likely N-dealkylation sites (N-methyl/N-ethyl adjacent to an activating group) is 1. The third-order valence-electron chi connectivity index (χ3n) is 4.92. The van der Waals surface area contributed by atoms with Crippen LogP contribution < -0.4 is 10.6 Å². The number of hydrogen-bond acceptors (Lipinski definition) is 7. The topological polar surface area (TPSA) is 80.8 Å². The molecule has 0 spiro atoms. The zero-order valence-electron chi connectivity index (χ0n) is 17.6. The summed E-state index contributed by atoms with van der Waals surface area (Å²) in [5.41, 5.74) is 1.65. The Morgan fingerprint density at radius 2 is 1.87 bits per heavy atom. The minimum atomic E-state index is -0.0471. The first kappa shape index (κ1) is 22.2. The minimum Gasteiger partial charge on any atom is -0.357 e. The maximum Gasteiger partial charge on any atom is 0.273 e. The Morgan fingerprint density at radius 3 is 2.57 bits per heavy atom. The second-order valence-electron chi connectivity index (χ2n) is 7.60. The molecule has 1 aromatic carbocycles. The van der Waals surface area contributed by atoms with Crippen LogP contribution in [0, 0.1) is 0 Å². The summed E-state index contributed by atoms with van der Waals surface area (Å²) in [7, 11) is 3.96. The van der Waals surface area contributed by atoms with Crippen molar-refractivity contribution >= 4 is 28.3 Å². The molecular formula is C21H30N6O2S. The summed E-state index contributed by atoms with van der Waals surface area (Å²) in [5, 5.41) is 8.75. The second-order valence-corrected chi connectivity index (χ2v) is 8.46. The van der Waals surface area contributed by atoms with Gasteiger partial charge in [0.2, 0.25) is 5.91 Å². The highest BCUT2D eigenvalue weighted by molar-refractivity contribution is 7.13. The summed E-state index contributed by atoms with van der Waals surface area (Å²) in [4.78, 5) is 35.2. The first-order valence-corrected chi connectivity index (χ1v) is 11.1. The molecule has 2 amide bonds. The Bertz CT molecular complexity index is 818. The number of nitrogens with one attached hydrogen (secondary N) is 2. The number of nitrogens with zero attached hydrogens (tertiary/aromatic N) is 4. The van der Waals surface area contributed by atoms with Gasteiger partial charge in [-0.15, -0.1) is 11.3 Å². The lowest BCUT2D eigenvalue weighted by Crippen LogP contribution is -2.51. The largest absolute Gasteiger partial charge is 0.357 e. The fraction of sp³-hybridized carbons (Fsp3) is 0.476. The molecule has 0 unspecified atom stereocenters. The van der Waals surface area contributed by atoms with Gasteiger partial charge in [0.25, 0.3) is 5.91 Å². The monoisotopic (exact) mass is 430 g/mol. The van der Waals surface area contributed by atoms with Crippen LogP contribution in [0.5, 0.6) is 0 Å². The van der Waals surface area contributed by atoms with E-state index in [1.54, 1.807) is 5.38 Å². The van der Waals surface area contributed by atoms with E-state index in [0.717, 1.165) is 11.7 Å². The molecule has 0 radical (unpaired) electrons. The molecule has 9 heteroatoms. The lowest BCUT2D eigenvalue weighted by atomic mass is 10.2. The molecule has 30 heavy (non-hydrogen) atoms. The number of thiazole rings is 1. The molecule has 1 aliphatic heterocycles. The van der Waals surface area contributed by atoms with Gasteiger partial charge in [0, 0.05) is 51.2 Å². The molecule has 2 aromatic rings. The third kappa shape index (κ3) is 6.79. The number of hydrogen-bond donors (Lipinski definition) is 2. The Hall–Kier alpha value is -2.49. The van der Waals surface area contributed by atoms with Gasteiger partial charge in [-0.05, 0) is 19.7 Å². The average Bonchev–Trinajstić information content (AvgIpc) is 3.22. The molecular weight excluding hydrogens is 400 g/mol. The van der Waals surface area contributed by atoms with E-state index in [4.69, 9.17) is 0 Å². The highest BCUT2D eigenvalue weighted by Crippen LogP contribution is 2.18. The third-order valence-corrected chi connectivity index (χ3v) is 5.72. The summed E-state index contributed by atoms with van der Waals surface area (Å²) in [5.74, 6) is -0.0145. The Kier molecular flexibility index (Phi) is 8.18. The van der Waals surface area contributed by atoms with Gasteiger partial charge in [-0.3, -0.25) is 14.5 Å². The number of benzene rings is 1. The molecule has 2 heterocycles. The van der Waals surface area contributed by atoms with E-state index in [-0.39, 0.29) is 11.8 Å². The maximum absolute atomic E-state index is 12.8. The van der Waals surface area contributed by atoms with Crippen molar-refractivity contribution in [2.75, 3.05) is 65.2 Å². The van der Waals surface area contributed by atoms with Crippen molar-refractivity contribution in [1.29, 1.82) is 0 Å². The van der Waals surface area contributed by atoms with E-state index in [9.17, 15) is 9.59 Å². The van der Waals surface area contributed by atoms with Gasteiger partial charge in [0.15, 0.2) is 5.13 Å². The summed E-state index contributed by atoms with van der Waals surface area (Å²) >= 11 is 1.44. The number of carbonyl (C=O) groups excluding carboxylic acids is 2. The van der Waals surface area contributed by atoms with Crippen LogP contribution >= 0.6 is 11.3 Å². The van der Waals surface area contributed by atoms with Crippen LogP contribution in [-0.4, -0.2) is 91.4 Å². The number of anilines is 1. The van der Waals surface area contributed by atoms with Crippen LogP contribution in [-0.2, 0) is 11.3 Å². The molecule has 1 fully saturated rings. The van der Waals surface area contributed by atoms with E-state index in [1.807, 2.05) is 42.1 Å². The Labute approximate surface area is 181 Å². The van der Waals surface area contributed by atoms with Crippen LogP contribution in [0.4, 0.5) is 5.13 Å². The van der Waals surface area contributed by atoms with E-state index in [2.05, 4.69) is 32.7 Å². The van der Waals surface area contributed by atoms with Crippen molar-refractivity contribution in [3.05, 3.63) is 47.0 Å². The van der Waals surface area contributed by atoms with E-state index in [0.29, 0.717) is 51.5 Å². The van der Waals surface area contributed by atoms with Crippen molar-refractivity contribution in [3.8, 4) is 0 Å². The van der Waals surface area contributed by atoms with Gasteiger partial charge in [0.1, 0.15) is 5.69 Å². The van der Waals surface area contributed by atoms with Crippen molar-refractivity contribution in [3.63, 3.8) is 0 Å². The number of rotatable bonds is 9. The lowest BCUT2D eigenvalue weighted by Gasteiger charge is -2.34. The van der Waals surface area contributed by atoms with Crippen molar-refractivity contribution < 1.29 is 9.59 Å². The van der Waals surface area contributed by atoms with Gasteiger partial charge in [-0.1, -0.05) is 30.3 Å². The molecule has 1 aromatic heterocycles. The highest BCUT2D eigenvalue weighted by Gasteiger charge is 2.24. The number of carbonyl (C=O) groups is 2. The molecule has 2 N–H and O–H groups in total. The van der Waals surface area contributed by atoms with Gasteiger partial charge in [0.05, 0.1) is 6.54 Å². The second kappa shape index (κ2) is 11.1. The number of aromatic nitrogens is 1. The minimum absolute atomic E-state index is 0.0326. The zero-order chi connectivity index (χ0) is 21.3. The molecule has 0 atom stereocenters. The summed E-state index contributed by atoms with van der Waals surface area (Å²) < 4.78 is 0. The lowest BCUT2D eigenvalue weighted by molar-refractivity contribution is -0.122. The first-order chi connectivity index (χ1) is 14.5. The van der Waals surface area contributed by atoms with Crippen LogP contribution in [0.2, 0.25) is 0 Å². The van der Waals surface area contributed by atoms with Crippen LogP contribution in [0.25, 0.3) is 0 Å². The van der Waals surface area contributed by atoms with Gasteiger partial charge < -0.3 is 20.4 Å². The standard InChI is InChI=1S/C21H30N6O2S/c1-25(2)9-8-22-19(28)15-26-10-12-27(13-11-26)20(29)18-16-30-21(24-18)23-14-17-6-4-3-5-7-17/h3-7,16H,8-15H2,1-2H3,(H,22,28)(H,23,24). The normalized spacial score (nSPS) is 14.7. The number of piperazine rings is 1. The van der Waals surface area contributed by atoms with Crippen LogP contribution in [0.3, 0.4) is 0 Å². The fourth-order valence-electron chi connectivity index (χ4n) is 3.18. The highest BCUT2D eigenvalue weighted by atomic mass is 32.1. The van der Waals surface area contributed by atoms with E-state index < -0.39 is 0 Å². The van der Waals surface area contributed by atoms with Gasteiger partial charge in [-0.25, -0.2) is 4.98 Å². The van der Waals surface area contributed by atoms with Crippen molar-refractivity contribution in [1.82, 2.24) is 25.0 Å². The van der Waals surface area contributed by atoms with Crippen LogP contribution in [0.15, 0.2) is 35.7 Å². The predicted octanol–water partition coefficient (Wildman–Crippen LogP) is 1.19. The van der Waals surface area contributed by atoms with E-state index >= 15 is 0 Å².